The number of carbonyl (C=O) groups excluding carboxylic acids is 1. The van der Waals surface area contributed by atoms with Gasteiger partial charge >= 0.3 is 6.09 Å². The van der Waals surface area contributed by atoms with Gasteiger partial charge in [-0.25, -0.2) is 9.78 Å². The van der Waals surface area contributed by atoms with Gasteiger partial charge in [0.05, 0.1) is 17.3 Å². The summed E-state index contributed by atoms with van der Waals surface area (Å²) in [5, 5.41) is 12.5. The van der Waals surface area contributed by atoms with Crippen molar-refractivity contribution >= 4 is 17.0 Å². The lowest BCUT2D eigenvalue weighted by Crippen LogP contribution is -2.48. The van der Waals surface area contributed by atoms with Crippen molar-refractivity contribution in [1.82, 2.24) is 9.88 Å². The van der Waals surface area contributed by atoms with Gasteiger partial charge < -0.3 is 14.7 Å². The van der Waals surface area contributed by atoms with Crippen LogP contribution in [-0.4, -0.2) is 39.3 Å². The van der Waals surface area contributed by atoms with E-state index in [0.717, 1.165) is 47.0 Å². The molecule has 5 heteroatoms. The number of aliphatic hydroxyl groups excluding tert-OH is 1. The van der Waals surface area contributed by atoms with E-state index in [4.69, 9.17) is 9.72 Å². The molecular weight excluding hydrogens is 400 g/mol. The fraction of sp³-hybridized carbons (Fsp3) is 0.407. The summed E-state index contributed by atoms with van der Waals surface area (Å²) >= 11 is 0. The van der Waals surface area contributed by atoms with Crippen molar-refractivity contribution in [2.24, 2.45) is 0 Å². The Hall–Kier alpha value is -2.92. The van der Waals surface area contributed by atoms with Crippen LogP contribution >= 0.6 is 0 Å². The molecular formula is C27H32N2O3. The number of hydrogen-bond donors (Lipinski definition) is 1. The second-order valence-corrected chi connectivity index (χ2v) is 9.66. The van der Waals surface area contributed by atoms with E-state index in [-0.39, 0.29) is 12.1 Å². The first-order valence-electron chi connectivity index (χ1n) is 11.4. The smallest absolute Gasteiger partial charge is 0.410 e. The van der Waals surface area contributed by atoms with Gasteiger partial charge in [0.2, 0.25) is 0 Å². The number of pyridine rings is 1. The Labute approximate surface area is 190 Å². The molecule has 0 spiro atoms. The first-order chi connectivity index (χ1) is 15.2. The highest BCUT2D eigenvalue weighted by Crippen LogP contribution is 2.35. The Balaban J connectivity index is 1.75. The standard InChI is InChI=1S/C27H32N2O3/c1-18-12-14-19(15-13-18)23-17-21(20-9-5-6-10-22(20)28-23)25(30)24-11-7-8-16-29(24)26(31)32-27(2,3)4/h5-6,9-10,12-15,17,24-25,30H,7-8,11,16H2,1-4H3/t24-,25-/m0/s1. The maximum atomic E-state index is 12.9. The SMILES string of the molecule is Cc1ccc(-c2cc([C@H](O)[C@@H]3CCCCN3C(=O)OC(C)(C)C)c3ccccc3n2)cc1. The lowest BCUT2D eigenvalue weighted by molar-refractivity contribution is -0.0166. The zero-order valence-corrected chi connectivity index (χ0v) is 19.3. The van der Waals surface area contributed by atoms with Crippen molar-refractivity contribution in [3.05, 3.63) is 65.7 Å². The molecule has 0 aliphatic carbocycles. The third-order valence-electron chi connectivity index (χ3n) is 5.96. The van der Waals surface area contributed by atoms with E-state index >= 15 is 0 Å². The fourth-order valence-electron chi connectivity index (χ4n) is 4.36. The molecule has 0 unspecified atom stereocenters. The Kier molecular flexibility index (Phi) is 6.20. The number of likely N-dealkylation sites (tertiary alicyclic amines) is 1. The highest BCUT2D eigenvalue weighted by molar-refractivity contribution is 5.85. The van der Waals surface area contributed by atoms with Crippen LogP contribution in [0.25, 0.3) is 22.2 Å². The van der Waals surface area contributed by atoms with Crippen LogP contribution in [0.4, 0.5) is 4.79 Å². The highest BCUT2D eigenvalue weighted by Gasteiger charge is 2.36. The molecule has 1 fully saturated rings. The lowest BCUT2D eigenvalue weighted by Gasteiger charge is -2.39. The van der Waals surface area contributed by atoms with E-state index in [1.165, 1.54) is 5.56 Å². The van der Waals surface area contributed by atoms with Crippen LogP contribution < -0.4 is 0 Å². The molecule has 0 radical (unpaired) electrons. The molecule has 2 heterocycles. The predicted octanol–water partition coefficient (Wildman–Crippen LogP) is 6.03. The van der Waals surface area contributed by atoms with E-state index in [9.17, 15) is 9.90 Å². The number of amides is 1. The molecule has 1 aliphatic rings. The molecule has 0 bridgehead atoms. The molecule has 1 aromatic heterocycles. The maximum absolute atomic E-state index is 12.9. The van der Waals surface area contributed by atoms with Crippen molar-refractivity contribution in [3.63, 3.8) is 0 Å². The molecule has 3 aromatic rings. The number of para-hydroxylation sites is 1. The van der Waals surface area contributed by atoms with Gasteiger partial charge in [-0.1, -0.05) is 48.0 Å². The molecule has 1 aliphatic heterocycles. The van der Waals surface area contributed by atoms with E-state index in [2.05, 4.69) is 31.2 Å². The largest absolute Gasteiger partial charge is 0.444 e. The first kappa shape index (κ1) is 22.3. The summed E-state index contributed by atoms with van der Waals surface area (Å²) in [6, 6.07) is 17.7. The zero-order chi connectivity index (χ0) is 22.9. The predicted molar refractivity (Wildman–Crippen MR) is 127 cm³/mol. The minimum absolute atomic E-state index is 0.338. The fourth-order valence-corrected chi connectivity index (χ4v) is 4.36. The topological polar surface area (TPSA) is 62.7 Å². The van der Waals surface area contributed by atoms with Gasteiger partial charge in [0.25, 0.3) is 0 Å². The molecule has 32 heavy (non-hydrogen) atoms. The number of benzene rings is 2. The van der Waals surface area contributed by atoms with E-state index < -0.39 is 11.7 Å². The average molecular weight is 433 g/mol. The number of piperidine rings is 1. The number of carbonyl (C=O) groups is 1. The van der Waals surface area contributed by atoms with Gasteiger partial charge in [0.1, 0.15) is 11.7 Å². The molecule has 1 saturated heterocycles. The number of nitrogens with zero attached hydrogens (tertiary/aromatic N) is 2. The lowest BCUT2D eigenvalue weighted by atomic mass is 9.90. The first-order valence-corrected chi connectivity index (χ1v) is 11.4. The minimum atomic E-state index is -0.833. The monoisotopic (exact) mass is 432 g/mol. The van der Waals surface area contributed by atoms with Crippen LogP contribution in [0.3, 0.4) is 0 Å². The second kappa shape index (κ2) is 8.91. The summed E-state index contributed by atoms with van der Waals surface area (Å²) in [5.41, 5.74) is 4.06. The van der Waals surface area contributed by atoms with Gasteiger partial charge in [0.15, 0.2) is 0 Å². The number of rotatable bonds is 3. The maximum Gasteiger partial charge on any atom is 0.410 e. The molecule has 4 rings (SSSR count). The number of aliphatic hydroxyl groups is 1. The van der Waals surface area contributed by atoms with E-state index in [1.807, 2.05) is 51.1 Å². The summed E-state index contributed by atoms with van der Waals surface area (Å²) < 4.78 is 5.65. The van der Waals surface area contributed by atoms with Gasteiger partial charge in [0, 0.05) is 17.5 Å². The third kappa shape index (κ3) is 4.78. The quantitative estimate of drug-likeness (QED) is 0.549. The van der Waals surface area contributed by atoms with Crippen LogP contribution in [0.1, 0.15) is 57.3 Å². The van der Waals surface area contributed by atoms with Crippen molar-refractivity contribution in [3.8, 4) is 11.3 Å². The number of fused-ring (bicyclic) bond motifs is 1. The summed E-state index contributed by atoms with van der Waals surface area (Å²) in [7, 11) is 0. The number of aromatic nitrogens is 1. The van der Waals surface area contributed by atoms with Crippen molar-refractivity contribution < 1.29 is 14.6 Å². The van der Waals surface area contributed by atoms with Crippen molar-refractivity contribution in [2.75, 3.05) is 6.54 Å². The molecule has 1 N–H and O–H groups in total. The van der Waals surface area contributed by atoms with Crippen LogP contribution in [0, 0.1) is 6.92 Å². The molecule has 1 amide bonds. The highest BCUT2D eigenvalue weighted by atomic mass is 16.6. The third-order valence-corrected chi connectivity index (χ3v) is 5.96. The minimum Gasteiger partial charge on any atom is -0.444 e. The van der Waals surface area contributed by atoms with E-state index in [0.29, 0.717) is 6.54 Å². The normalized spacial score (nSPS) is 17.9. The summed E-state index contributed by atoms with van der Waals surface area (Å²) in [6.07, 6.45) is 1.42. The Bertz CT molecular complexity index is 1100. The zero-order valence-electron chi connectivity index (χ0n) is 19.3. The molecule has 5 nitrogen and oxygen atoms in total. The van der Waals surface area contributed by atoms with E-state index in [1.54, 1.807) is 4.90 Å². The molecule has 0 saturated carbocycles. The van der Waals surface area contributed by atoms with Gasteiger partial charge in [-0.15, -0.1) is 0 Å². The number of hydrogen-bond acceptors (Lipinski definition) is 4. The van der Waals surface area contributed by atoms with Crippen LogP contribution in [-0.2, 0) is 4.74 Å². The Morgan fingerprint density at radius 3 is 2.56 bits per heavy atom. The molecule has 2 aromatic carbocycles. The van der Waals surface area contributed by atoms with Crippen LogP contribution in [0.15, 0.2) is 54.6 Å². The van der Waals surface area contributed by atoms with Gasteiger partial charge in [-0.3, -0.25) is 0 Å². The Morgan fingerprint density at radius 1 is 1.12 bits per heavy atom. The number of aryl methyl sites for hydroxylation is 1. The second-order valence-electron chi connectivity index (χ2n) is 9.66. The van der Waals surface area contributed by atoms with Crippen molar-refractivity contribution in [2.45, 2.75) is 64.7 Å². The Morgan fingerprint density at radius 2 is 1.84 bits per heavy atom. The summed E-state index contributed by atoms with van der Waals surface area (Å²) in [4.78, 5) is 19.5. The number of ether oxygens (including phenoxy) is 1. The molecule has 168 valence electrons. The van der Waals surface area contributed by atoms with Gasteiger partial charge in [-0.05, 0) is 64.7 Å². The van der Waals surface area contributed by atoms with Crippen LogP contribution in [0.2, 0.25) is 0 Å². The van der Waals surface area contributed by atoms with Gasteiger partial charge in [-0.2, -0.15) is 0 Å². The molecule has 2 atom stereocenters. The van der Waals surface area contributed by atoms with Crippen LogP contribution in [0.5, 0.6) is 0 Å². The van der Waals surface area contributed by atoms with Crippen molar-refractivity contribution in [1.29, 1.82) is 0 Å². The average Bonchev–Trinajstić information content (AvgIpc) is 2.77. The summed E-state index contributed by atoms with van der Waals surface area (Å²) in [6.45, 7) is 8.24. The summed E-state index contributed by atoms with van der Waals surface area (Å²) in [5.74, 6) is 0.